The van der Waals surface area contributed by atoms with Crippen molar-refractivity contribution < 1.29 is 9.59 Å². The van der Waals surface area contributed by atoms with Crippen LogP contribution in [0.3, 0.4) is 0 Å². The Morgan fingerprint density at radius 3 is 2.46 bits per heavy atom. The minimum absolute atomic E-state index is 0.0891. The first-order valence-corrected chi connectivity index (χ1v) is 13.3. The molecule has 0 saturated carbocycles. The van der Waals surface area contributed by atoms with Gasteiger partial charge in [0.2, 0.25) is 5.91 Å². The minimum Gasteiger partial charge on any atom is -0.352 e. The molecular formula is C28H27ClN4O3S. The fourth-order valence-corrected chi connectivity index (χ4v) is 4.73. The summed E-state index contributed by atoms with van der Waals surface area (Å²) < 4.78 is 1.57. The van der Waals surface area contributed by atoms with Crippen LogP contribution in [0, 0.1) is 0 Å². The molecule has 0 aliphatic rings. The van der Waals surface area contributed by atoms with E-state index in [0.29, 0.717) is 39.7 Å². The summed E-state index contributed by atoms with van der Waals surface area (Å²) in [6.07, 6.45) is 0.861. The lowest BCUT2D eigenvalue weighted by Gasteiger charge is -2.14. The zero-order chi connectivity index (χ0) is 26.2. The molecule has 1 heterocycles. The molecule has 0 spiro atoms. The van der Waals surface area contributed by atoms with Crippen LogP contribution < -0.4 is 16.2 Å². The summed E-state index contributed by atoms with van der Waals surface area (Å²) in [7, 11) is 0. The minimum atomic E-state index is -0.193. The van der Waals surface area contributed by atoms with Gasteiger partial charge in [-0.05, 0) is 47.9 Å². The lowest BCUT2D eigenvalue weighted by Crippen LogP contribution is -2.27. The molecule has 0 aliphatic heterocycles. The van der Waals surface area contributed by atoms with Crippen LogP contribution in [-0.4, -0.2) is 33.7 Å². The van der Waals surface area contributed by atoms with Crippen LogP contribution in [0.4, 0.5) is 0 Å². The van der Waals surface area contributed by atoms with Crippen LogP contribution in [-0.2, 0) is 17.9 Å². The molecule has 0 radical (unpaired) electrons. The van der Waals surface area contributed by atoms with Gasteiger partial charge in [0.25, 0.3) is 11.5 Å². The second-order valence-corrected chi connectivity index (χ2v) is 9.76. The topological polar surface area (TPSA) is 93.1 Å². The second kappa shape index (κ2) is 12.6. The molecule has 1 aromatic heterocycles. The highest BCUT2D eigenvalue weighted by Gasteiger charge is 2.14. The molecule has 2 N–H and O–H groups in total. The third-order valence-electron chi connectivity index (χ3n) is 5.69. The van der Waals surface area contributed by atoms with Crippen LogP contribution in [0.15, 0.2) is 82.7 Å². The Morgan fingerprint density at radius 2 is 1.70 bits per heavy atom. The lowest BCUT2D eigenvalue weighted by molar-refractivity contribution is -0.118. The van der Waals surface area contributed by atoms with E-state index in [2.05, 4.69) is 15.6 Å². The zero-order valence-corrected chi connectivity index (χ0v) is 21.9. The summed E-state index contributed by atoms with van der Waals surface area (Å²) in [6, 6.07) is 21.6. The molecule has 4 aromatic rings. The largest absolute Gasteiger partial charge is 0.352 e. The van der Waals surface area contributed by atoms with Crippen LogP contribution >= 0.6 is 23.4 Å². The number of carbonyl (C=O) groups excluding carboxylic acids is 2. The summed E-state index contributed by atoms with van der Waals surface area (Å²) in [5.74, 6) is -0.232. The molecule has 3 aromatic carbocycles. The quantitative estimate of drug-likeness (QED) is 0.228. The van der Waals surface area contributed by atoms with Gasteiger partial charge < -0.3 is 10.6 Å². The number of halogens is 1. The van der Waals surface area contributed by atoms with E-state index < -0.39 is 0 Å². The van der Waals surface area contributed by atoms with E-state index in [0.717, 1.165) is 17.5 Å². The van der Waals surface area contributed by atoms with Gasteiger partial charge in [0, 0.05) is 23.7 Å². The summed E-state index contributed by atoms with van der Waals surface area (Å²) in [5, 5.41) is 7.26. The smallest absolute Gasteiger partial charge is 0.262 e. The van der Waals surface area contributed by atoms with E-state index in [1.165, 1.54) is 11.8 Å². The van der Waals surface area contributed by atoms with Crippen molar-refractivity contribution in [2.45, 2.75) is 31.6 Å². The molecule has 7 nitrogen and oxygen atoms in total. The predicted octanol–water partition coefficient (Wildman–Crippen LogP) is 4.65. The van der Waals surface area contributed by atoms with Crippen LogP contribution in [0.1, 0.15) is 34.8 Å². The maximum Gasteiger partial charge on any atom is 0.262 e. The number of fused-ring (bicyclic) bond motifs is 1. The Morgan fingerprint density at radius 1 is 0.973 bits per heavy atom. The van der Waals surface area contributed by atoms with Gasteiger partial charge in [-0.2, -0.15) is 0 Å². The maximum atomic E-state index is 13.4. The number of para-hydroxylation sites is 1. The van der Waals surface area contributed by atoms with Gasteiger partial charge in [0.15, 0.2) is 5.16 Å². The summed E-state index contributed by atoms with van der Waals surface area (Å²) in [6.45, 7) is 3.19. The number of thioether (sulfide) groups is 1. The predicted molar refractivity (Wildman–Crippen MR) is 148 cm³/mol. The van der Waals surface area contributed by atoms with Crippen molar-refractivity contribution in [1.82, 2.24) is 20.2 Å². The van der Waals surface area contributed by atoms with Crippen LogP contribution in [0.5, 0.6) is 0 Å². The molecule has 2 amide bonds. The average Bonchev–Trinajstić information content (AvgIpc) is 2.92. The summed E-state index contributed by atoms with van der Waals surface area (Å²) in [5.41, 5.74) is 2.62. The Bertz CT molecular complexity index is 1470. The first-order valence-electron chi connectivity index (χ1n) is 12.0. The van der Waals surface area contributed by atoms with Gasteiger partial charge in [-0.25, -0.2) is 4.98 Å². The number of amides is 2. The van der Waals surface area contributed by atoms with Gasteiger partial charge in [-0.3, -0.25) is 19.0 Å². The fourth-order valence-electron chi connectivity index (χ4n) is 3.70. The molecule has 0 bridgehead atoms. The van der Waals surface area contributed by atoms with E-state index in [1.54, 1.807) is 41.0 Å². The van der Waals surface area contributed by atoms with E-state index in [4.69, 9.17) is 11.6 Å². The van der Waals surface area contributed by atoms with Gasteiger partial charge in [-0.1, -0.05) is 72.8 Å². The van der Waals surface area contributed by atoms with E-state index in [-0.39, 0.29) is 29.7 Å². The maximum absolute atomic E-state index is 13.4. The summed E-state index contributed by atoms with van der Waals surface area (Å²) >= 11 is 7.38. The number of nitrogens with zero attached hydrogens (tertiary/aromatic N) is 2. The summed E-state index contributed by atoms with van der Waals surface area (Å²) in [4.78, 5) is 42.8. The normalized spacial score (nSPS) is 10.9. The van der Waals surface area contributed by atoms with Crippen molar-refractivity contribution in [3.05, 3.63) is 105 Å². The van der Waals surface area contributed by atoms with Crippen molar-refractivity contribution in [3.8, 4) is 0 Å². The molecular weight excluding hydrogens is 508 g/mol. The third-order valence-corrected chi connectivity index (χ3v) is 7.03. The Kier molecular flexibility index (Phi) is 8.98. The Hall–Kier alpha value is -3.62. The molecule has 0 atom stereocenters. The molecule has 0 unspecified atom stereocenters. The number of rotatable bonds is 10. The van der Waals surface area contributed by atoms with Crippen molar-refractivity contribution >= 4 is 46.1 Å². The van der Waals surface area contributed by atoms with Crippen molar-refractivity contribution in [1.29, 1.82) is 0 Å². The molecule has 9 heteroatoms. The number of nitrogens with one attached hydrogen (secondary N) is 2. The number of hydrogen-bond acceptors (Lipinski definition) is 5. The number of hydrogen-bond donors (Lipinski definition) is 2. The number of carbonyl (C=O) groups is 2. The van der Waals surface area contributed by atoms with Crippen molar-refractivity contribution in [2.24, 2.45) is 0 Å². The van der Waals surface area contributed by atoms with E-state index in [1.807, 2.05) is 43.3 Å². The third kappa shape index (κ3) is 6.78. The highest BCUT2D eigenvalue weighted by molar-refractivity contribution is 7.99. The van der Waals surface area contributed by atoms with Crippen LogP contribution in [0.25, 0.3) is 10.9 Å². The fraction of sp³-hybridized carbons (Fsp3) is 0.214. The standard InChI is InChI=1S/C28H27ClN4O3S/c1-2-15-30-26(35)20-13-11-19(12-14-20)17-33-27(36)22-8-4-6-10-24(22)32-28(33)37-18-25(34)31-16-21-7-3-5-9-23(21)29/h3-14H,2,15-18H2,1H3,(H,30,35)(H,31,34). The van der Waals surface area contributed by atoms with E-state index >= 15 is 0 Å². The average molecular weight is 535 g/mol. The van der Waals surface area contributed by atoms with E-state index in [9.17, 15) is 14.4 Å². The monoisotopic (exact) mass is 534 g/mol. The number of aromatic nitrogens is 2. The molecule has 0 fully saturated rings. The molecule has 0 saturated heterocycles. The first-order chi connectivity index (χ1) is 18.0. The molecule has 190 valence electrons. The highest BCUT2D eigenvalue weighted by Crippen LogP contribution is 2.20. The molecule has 0 aliphatic carbocycles. The van der Waals surface area contributed by atoms with Gasteiger partial charge in [0.1, 0.15) is 0 Å². The molecule has 37 heavy (non-hydrogen) atoms. The van der Waals surface area contributed by atoms with Gasteiger partial charge in [-0.15, -0.1) is 0 Å². The highest BCUT2D eigenvalue weighted by atomic mass is 35.5. The Labute approximate surface area is 224 Å². The SMILES string of the molecule is CCCNC(=O)c1ccc(Cn2c(SCC(=O)NCc3ccccc3Cl)nc3ccccc3c2=O)cc1. The van der Waals surface area contributed by atoms with Crippen molar-refractivity contribution in [3.63, 3.8) is 0 Å². The van der Waals surface area contributed by atoms with Gasteiger partial charge >= 0.3 is 0 Å². The first kappa shape index (κ1) is 26.4. The molecule has 4 rings (SSSR count). The zero-order valence-electron chi connectivity index (χ0n) is 20.4. The second-order valence-electron chi connectivity index (χ2n) is 8.41. The Balaban J connectivity index is 1.52. The number of benzene rings is 3. The van der Waals surface area contributed by atoms with Crippen LogP contribution in [0.2, 0.25) is 5.02 Å². The lowest BCUT2D eigenvalue weighted by atomic mass is 10.1. The van der Waals surface area contributed by atoms with Crippen molar-refractivity contribution in [2.75, 3.05) is 12.3 Å². The van der Waals surface area contributed by atoms with Gasteiger partial charge in [0.05, 0.1) is 23.2 Å².